The molecule has 0 fully saturated rings. The number of aromatic nitrogens is 1. The molecule has 1 nitrogen and oxygen atoms in total. The average Bonchev–Trinajstić information content (AvgIpc) is 3.40. The summed E-state index contributed by atoms with van der Waals surface area (Å²) in [6.45, 7) is 0. The maximum absolute atomic E-state index is 4.92. The first-order valence-corrected chi connectivity index (χ1v) is 22.7. The van der Waals surface area contributed by atoms with E-state index in [4.69, 9.17) is 4.98 Å². The van der Waals surface area contributed by atoms with E-state index in [1.807, 2.05) is 12.3 Å². The molecule has 66 heavy (non-hydrogen) atoms. The minimum absolute atomic E-state index is 1.01. The van der Waals surface area contributed by atoms with Crippen LogP contribution >= 0.6 is 0 Å². The number of hydrogen-bond donors (Lipinski definition) is 0. The van der Waals surface area contributed by atoms with Crippen molar-refractivity contribution in [1.29, 1.82) is 0 Å². The number of pyridine rings is 1. The van der Waals surface area contributed by atoms with Crippen molar-refractivity contribution in [3.05, 3.63) is 261 Å². The zero-order chi connectivity index (χ0) is 43.8. The highest BCUT2D eigenvalue weighted by atomic mass is 14.6. The predicted octanol–water partition coefficient (Wildman–Crippen LogP) is 17.9. The molecule has 12 rings (SSSR count). The van der Waals surface area contributed by atoms with Crippen LogP contribution in [0.1, 0.15) is 0 Å². The lowest BCUT2D eigenvalue weighted by Gasteiger charge is -2.29. The smallest absolute Gasteiger partial charge is 0.0780 e. The normalized spacial score (nSPS) is 11.3. The Balaban J connectivity index is 1.19. The third-order valence-electron chi connectivity index (χ3n) is 13.1. The summed E-state index contributed by atoms with van der Waals surface area (Å²) in [5.74, 6) is 0. The Morgan fingerprint density at radius 1 is 0.197 bits per heavy atom. The summed E-state index contributed by atoms with van der Waals surface area (Å²) >= 11 is 0. The topological polar surface area (TPSA) is 12.9 Å². The van der Waals surface area contributed by atoms with Crippen LogP contribution in [0.4, 0.5) is 0 Å². The number of para-hydroxylation sites is 1. The summed E-state index contributed by atoms with van der Waals surface area (Å²) in [6, 6.07) is 92.8. The van der Waals surface area contributed by atoms with Crippen LogP contribution in [0.3, 0.4) is 0 Å². The van der Waals surface area contributed by atoms with Crippen molar-refractivity contribution in [3.63, 3.8) is 0 Å². The van der Waals surface area contributed by atoms with Crippen LogP contribution in [-0.2, 0) is 0 Å². The van der Waals surface area contributed by atoms with Crippen molar-refractivity contribution in [2.45, 2.75) is 0 Å². The van der Waals surface area contributed by atoms with E-state index in [1.54, 1.807) is 0 Å². The summed E-state index contributed by atoms with van der Waals surface area (Å²) in [7, 11) is 0. The third-order valence-corrected chi connectivity index (χ3v) is 13.1. The monoisotopic (exact) mass is 837 g/mol. The molecule has 0 bridgehead atoms. The van der Waals surface area contributed by atoms with E-state index in [0.717, 1.165) is 22.0 Å². The van der Waals surface area contributed by atoms with Gasteiger partial charge in [0.2, 0.25) is 0 Å². The van der Waals surface area contributed by atoms with Gasteiger partial charge < -0.3 is 0 Å². The van der Waals surface area contributed by atoms with Gasteiger partial charge in [0, 0.05) is 17.1 Å². The fraction of sp³-hybridized carbons (Fsp3) is 0. The quantitative estimate of drug-likeness (QED) is 0.139. The molecule has 0 spiro atoms. The summed E-state index contributed by atoms with van der Waals surface area (Å²) in [4.78, 5) is 4.92. The van der Waals surface area contributed by atoms with Gasteiger partial charge in [-0.3, -0.25) is 4.98 Å². The van der Waals surface area contributed by atoms with Crippen molar-refractivity contribution < 1.29 is 0 Å². The van der Waals surface area contributed by atoms with E-state index in [1.165, 1.54) is 99.4 Å². The second-order valence-electron chi connectivity index (χ2n) is 16.9. The lowest BCUT2D eigenvalue weighted by Crippen LogP contribution is -2.02. The molecule has 0 saturated carbocycles. The lowest BCUT2D eigenvalue weighted by atomic mass is 9.74. The molecular formula is C65H43N. The molecule has 0 aliphatic carbocycles. The highest BCUT2D eigenvalue weighted by Crippen LogP contribution is 2.56. The fourth-order valence-corrected chi connectivity index (χ4v) is 10.3. The molecule has 0 aliphatic heterocycles. The fourth-order valence-electron chi connectivity index (χ4n) is 10.3. The Labute approximate surface area is 385 Å². The van der Waals surface area contributed by atoms with E-state index in [-0.39, 0.29) is 0 Å². The molecule has 0 radical (unpaired) electrons. The van der Waals surface area contributed by atoms with Crippen LogP contribution in [0.2, 0.25) is 0 Å². The number of benzene rings is 11. The van der Waals surface area contributed by atoms with Crippen LogP contribution in [0.25, 0.3) is 121 Å². The molecule has 0 unspecified atom stereocenters. The van der Waals surface area contributed by atoms with Gasteiger partial charge in [-0.25, -0.2) is 0 Å². The summed E-state index contributed by atoms with van der Waals surface area (Å²) in [5.41, 5.74) is 20.0. The summed E-state index contributed by atoms with van der Waals surface area (Å²) < 4.78 is 0. The number of rotatable bonds is 8. The highest BCUT2D eigenvalue weighted by molar-refractivity contribution is 6.23. The largest absolute Gasteiger partial charge is 0.256 e. The molecule has 0 aliphatic rings. The Kier molecular flexibility index (Phi) is 9.93. The number of hydrogen-bond acceptors (Lipinski definition) is 1. The first kappa shape index (κ1) is 39.0. The summed E-state index contributed by atoms with van der Waals surface area (Å²) in [6.07, 6.45) is 1.90. The molecule has 0 atom stereocenters. The van der Waals surface area contributed by atoms with Gasteiger partial charge in [-0.05, 0) is 111 Å². The van der Waals surface area contributed by atoms with Gasteiger partial charge in [0.25, 0.3) is 0 Å². The molecule has 0 amide bonds. The molecule has 12 aromatic rings. The van der Waals surface area contributed by atoms with E-state index >= 15 is 0 Å². The van der Waals surface area contributed by atoms with E-state index in [0.29, 0.717) is 0 Å². The lowest BCUT2D eigenvalue weighted by molar-refractivity contribution is 1.41. The molecule has 1 heteroatoms. The van der Waals surface area contributed by atoms with Crippen LogP contribution in [-0.4, -0.2) is 4.98 Å². The molecular weight excluding hydrogens is 795 g/mol. The molecule has 0 N–H and O–H groups in total. The minimum Gasteiger partial charge on any atom is -0.256 e. The zero-order valence-corrected chi connectivity index (χ0v) is 36.3. The standard InChI is InChI=1S/C65H43N/c1-6-22-44(23-7-1)58-59(45-24-8-2-9-25-45)61(47-28-12-4-13-29-47)63(62(48-30-14-5-15-31-48)60(58)46-26-10-3-11-27-46)50-41-39-49(40-42-50)57-52-34-16-18-36-54(52)64(55-37-19-17-35-53(55)57)56-38-20-32-51-33-21-43-66-65(51)56/h1-43H. The van der Waals surface area contributed by atoms with Crippen molar-refractivity contribution >= 4 is 32.4 Å². The number of nitrogens with zero attached hydrogens (tertiary/aromatic N) is 1. The third kappa shape index (κ3) is 6.69. The van der Waals surface area contributed by atoms with Crippen molar-refractivity contribution in [2.75, 3.05) is 0 Å². The Morgan fingerprint density at radius 2 is 0.485 bits per heavy atom. The second kappa shape index (κ2) is 16.8. The van der Waals surface area contributed by atoms with Gasteiger partial charge in [-0.15, -0.1) is 0 Å². The Hall–Kier alpha value is -8.65. The first-order chi connectivity index (χ1) is 32.8. The average molecular weight is 838 g/mol. The van der Waals surface area contributed by atoms with E-state index < -0.39 is 0 Å². The molecule has 308 valence electrons. The molecule has 1 heterocycles. The second-order valence-corrected chi connectivity index (χ2v) is 16.9. The van der Waals surface area contributed by atoms with Crippen molar-refractivity contribution in [3.8, 4) is 89.0 Å². The van der Waals surface area contributed by atoms with Crippen LogP contribution < -0.4 is 0 Å². The minimum atomic E-state index is 1.01. The predicted molar refractivity (Wildman–Crippen MR) is 280 cm³/mol. The van der Waals surface area contributed by atoms with E-state index in [2.05, 4.69) is 249 Å². The highest BCUT2D eigenvalue weighted by Gasteiger charge is 2.29. The van der Waals surface area contributed by atoms with Crippen LogP contribution in [0.5, 0.6) is 0 Å². The molecule has 11 aromatic carbocycles. The zero-order valence-electron chi connectivity index (χ0n) is 36.3. The Morgan fingerprint density at radius 3 is 0.848 bits per heavy atom. The van der Waals surface area contributed by atoms with Gasteiger partial charge in [0.1, 0.15) is 0 Å². The van der Waals surface area contributed by atoms with Crippen LogP contribution in [0.15, 0.2) is 261 Å². The summed E-state index contributed by atoms with van der Waals surface area (Å²) in [5, 5.41) is 5.99. The van der Waals surface area contributed by atoms with Gasteiger partial charge in [0.05, 0.1) is 5.52 Å². The van der Waals surface area contributed by atoms with Gasteiger partial charge in [-0.2, -0.15) is 0 Å². The molecule has 1 aromatic heterocycles. The van der Waals surface area contributed by atoms with Gasteiger partial charge in [0.15, 0.2) is 0 Å². The SMILES string of the molecule is c1ccc(-c2c(-c3ccccc3)c(-c3ccccc3)c(-c3ccc(-c4c5ccccc5c(-c5cccc6cccnc56)c5ccccc45)cc3)c(-c3ccccc3)c2-c2ccccc2)cc1. The maximum Gasteiger partial charge on any atom is 0.0780 e. The first-order valence-electron chi connectivity index (χ1n) is 22.7. The van der Waals surface area contributed by atoms with E-state index in [9.17, 15) is 0 Å². The Bertz CT molecular complexity index is 3530. The maximum atomic E-state index is 4.92. The van der Waals surface area contributed by atoms with Gasteiger partial charge >= 0.3 is 0 Å². The van der Waals surface area contributed by atoms with Crippen molar-refractivity contribution in [1.82, 2.24) is 4.98 Å². The molecule has 0 saturated heterocycles. The van der Waals surface area contributed by atoms with Crippen LogP contribution in [0, 0.1) is 0 Å². The van der Waals surface area contributed by atoms with Gasteiger partial charge in [-0.1, -0.05) is 249 Å². The van der Waals surface area contributed by atoms with Crippen molar-refractivity contribution in [2.24, 2.45) is 0 Å². The number of fused-ring (bicyclic) bond motifs is 3.